The van der Waals surface area contributed by atoms with Crippen molar-refractivity contribution < 1.29 is 39.5 Å². The zero-order chi connectivity index (χ0) is 17.5. The number of benzene rings is 2. The van der Waals surface area contributed by atoms with E-state index in [1.807, 2.05) is 0 Å². The predicted molar refractivity (Wildman–Crippen MR) is 64.6 cm³/mol. The summed E-state index contributed by atoms with van der Waals surface area (Å²) in [6.07, 6.45) is 0. The lowest BCUT2D eigenvalue weighted by atomic mass is 10.3. The second-order valence-corrected chi connectivity index (χ2v) is 6.09. The van der Waals surface area contributed by atoms with Gasteiger partial charge in [-0.1, -0.05) is 0 Å². The van der Waals surface area contributed by atoms with Crippen LogP contribution in [0.2, 0.25) is 0 Å². The van der Waals surface area contributed by atoms with Gasteiger partial charge in [0.2, 0.25) is 15.7 Å². The summed E-state index contributed by atoms with van der Waals surface area (Å²) in [6, 6.07) is 1.87. The summed E-state index contributed by atoms with van der Waals surface area (Å²) in [7, 11) is -4.12. The molecule has 0 aliphatic rings. The molecule has 0 saturated carbocycles. The maximum absolute atomic E-state index is 13.6. The fourth-order valence-corrected chi connectivity index (χ4v) is 3.15. The number of halogens is 6. The van der Waals surface area contributed by atoms with E-state index in [-0.39, 0.29) is 5.75 Å². The summed E-state index contributed by atoms with van der Waals surface area (Å²) < 4.78 is 109. The van der Waals surface area contributed by atoms with Crippen molar-refractivity contribution in [3.8, 4) is 5.75 Å². The van der Waals surface area contributed by atoms with Crippen LogP contribution in [0.1, 0.15) is 0 Å². The first-order valence-corrected chi connectivity index (χ1v) is 7.21. The van der Waals surface area contributed by atoms with Gasteiger partial charge in [-0.25, -0.2) is 34.8 Å². The highest BCUT2D eigenvalue weighted by atomic mass is 32.2. The number of rotatable bonds is 3. The quantitative estimate of drug-likeness (QED) is 0.367. The molecule has 0 amide bonds. The highest BCUT2D eigenvalue weighted by molar-refractivity contribution is 7.91. The number of hydrogen-bond donors (Lipinski definition) is 0. The Hall–Kier alpha value is -2.23. The molecular formula is C13H6F6O3S. The van der Waals surface area contributed by atoms with Crippen LogP contribution in [0.15, 0.2) is 28.0 Å². The lowest BCUT2D eigenvalue weighted by molar-refractivity contribution is 0.357. The summed E-state index contributed by atoms with van der Waals surface area (Å²) in [6.45, 7) is 0. The van der Waals surface area contributed by atoms with Gasteiger partial charge < -0.3 is 4.74 Å². The van der Waals surface area contributed by atoms with Gasteiger partial charge in [0.15, 0.2) is 34.8 Å². The molecule has 0 bridgehead atoms. The Bertz CT molecular complexity index is 866. The highest BCUT2D eigenvalue weighted by Crippen LogP contribution is 2.32. The molecule has 0 unspecified atom stereocenters. The van der Waals surface area contributed by atoms with E-state index in [4.69, 9.17) is 0 Å². The van der Waals surface area contributed by atoms with Gasteiger partial charge in [0.1, 0.15) is 4.90 Å². The zero-order valence-corrected chi connectivity index (χ0v) is 11.9. The summed E-state index contributed by atoms with van der Waals surface area (Å²) in [5, 5.41) is 0. The standard InChI is InChI=1S/C13H6F6O3S/c1-22-7-3-2-5(4-6(7)14)23(20,21)13-11(18)9(16)8(15)10(17)12(13)19/h2-4H,1H3. The van der Waals surface area contributed by atoms with Crippen LogP contribution in [-0.2, 0) is 9.84 Å². The van der Waals surface area contributed by atoms with Gasteiger partial charge in [-0.15, -0.1) is 0 Å². The van der Waals surface area contributed by atoms with Gasteiger partial charge in [0.05, 0.1) is 12.0 Å². The maximum Gasteiger partial charge on any atom is 0.212 e. The van der Waals surface area contributed by atoms with Crippen LogP contribution < -0.4 is 4.74 Å². The molecule has 2 aromatic carbocycles. The molecule has 0 aliphatic carbocycles. The van der Waals surface area contributed by atoms with Crippen molar-refractivity contribution in [2.24, 2.45) is 0 Å². The molecule has 124 valence electrons. The summed E-state index contributed by atoms with van der Waals surface area (Å²) in [4.78, 5) is -3.06. The van der Waals surface area contributed by atoms with E-state index in [2.05, 4.69) is 4.74 Å². The molecule has 0 saturated heterocycles. The summed E-state index contributed by atoms with van der Waals surface area (Å²) >= 11 is 0. The minimum Gasteiger partial charge on any atom is -0.494 e. The first kappa shape index (κ1) is 17.1. The predicted octanol–water partition coefficient (Wildman–Crippen LogP) is 3.36. The van der Waals surface area contributed by atoms with Gasteiger partial charge in [-0.05, 0) is 18.2 Å². The lowest BCUT2D eigenvalue weighted by Crippen LogP contribution is -2.13. The Labute approximate surface area is 126 Å². The molecule has 3 nitrogen and oxygen atoms in total. The number of sulfone groups is 1. The van der Waals surface area contributed by atoms with Crippen molar-refractivity contribution in [3.63, 3.8) is 0 Å². The fourth-order valence-electron chi connectivity index (χ4n) is 1.75. The van der Waals surface area contributed by atoms with Crippen molar-refractivity contribution in [2.45, 2.75) is 9.79 Å². The minimum absolute atomic E-state index is 0.339. The van der Waals surface area contributed by atoms with E-state index >= 15 is 0 Å². The monoisotopic (exact) mass is 356 g/mol. The summed E-state index contributed by atoms with van der Waals surface area (Å²) in [5.74, 6) is -14.0. The second kappa shape index (κ2) is 5.76. The third-order valence-corrected chi connectivity index (χ3v) is 4.64. The Morgan fingerprint density at radius 3 is 1.74 bits per heavy atom. The first-order valence-electron chi connectivity index (χ1n) is 5.73. The van der Waals surface area contributed by atoms with E-state index in [0.29, 0.717) is 12.1 Å². The van der Waals surface area contributed by atoms with Gasteiger partial charge in [0.25, 0.3) is 0 Å². The molecule has 2 rings (SSSR count). The maximum atomic E-state index is 13.6. The van der Waals surface area contributed by atoms with Crippen molar-refractivity contribution in [1.29, 1.82) is 0 Å². The zero-order valence-electron chi connectivity index (χ0n) is 11.1. The second-order valence-electron chi connectivity index (χ2n) is 4.20. The van der Waals surface area contributed by atoms with E-state index in [0.717, 1.165) is 13.2 Å². The Balaban J connectivity index is 2.78. The molecule has 23 heavy (non-hydrogen) atoms. The van der Waals surface area contributed by atoms with Crippen molar-refractivity contribution in [3.05, 3.63) is 53.1 Å². The SMILES string of the molecule is COc1ccc(S(=O)(=O)c2c(F)c(F)c(F)c(F)c2F)cc1F. The topological polar surface area (TPSA) is 43.4 Å². The molecule has 0 atom stereocenters. The van der Waals surface area contributed by atoms with Crippen molar-refractivity contribution >= 4 is 9.84 Å². The van der Waals surface area contributed by atoms with Gasteiger partial charge >= 0.3 is 0 Å². The van der Waals surface area contributed by atoms with Crippen LogP contribution in [0, 0.1) is 34.9 Å². The lowest BCUT2D eigenvalue weighted by Gasteiger charge is -2.10. The molecule has 2 aromatic rings. The third-order valence-electron chi connectivity index (χ3n) is 2.87. The van der Waals surface area contributed by atoms with Crippen LogP contribution in [0.3, 0.4) is 0 Å². The van der Waals surface area contributed by atoms with Crippen LogP contribution in [0.5, 0.6) is 5.75 Å². The molecule has 0 heterocycles. The average molecular weight is 356 g/mol. The van der Waals surface area contributed by atoms with E-state index in [9.17, 15) is 34.8 Å². The molecule has 0 spiro atoms. The highest BCUT2D eigenvalue weighted by Gasteiger charge is 2.34. The smallest absolute Gasteiger partial charge is 0.212 e. The van der Waals surface area contributed by atoms with E-state index < -0.39 is 54.5 Å². The van der Waals surface area contributed by atoms with Gasteiger partial charge in [-0.2, -0.15) is 0 Å². The van der Waals surface area contributed by atoms with Crippen LogP contribution in [0.4, 0.5) is 26.3 Å². The van der Waals surface area contributed by atoms with Crippen LogP contribution in [-0.4, -0.2) is 15.5 Å². The molecule has 0 fully saturated rings. The Kier molecular flexibility index (Phi) is 4.29. The summed E-state index contributed by atoms with van der Waals surface area (Å²) in [5.41, 5.74) is 0. The Morgan fingerprint density at radius 2 is 1.30 bits per heavy atom. The van der Waals surface area contributed by atoms with Crippen LogP contribution in [0.25, 0.3) is 0 Å². The Morgan fingerprint density at radius 1 is 0.826 bits per heavy atom. The van der Waals surface area contributed by atoms with E-state index in [1.54, 1.807) is 0 Å². The normalized spacial score (nSPS) is 11.6. The minimum atomic E-state index is -5.20. The first-order chi connectivity index (χ1) is 10.6. The van der Waals surface area contributed by atoms with E-state index in [1.165, 1.54) is 0 Å². The molecule has 0 N–H and O–H groups in total. The molecule has 0 radical (unpaired) electrons. The fraction of sp³-hybridized carbons (Fsp3) is 0.0769. The number of methoxy groups -OCH3 is 1. The average Bonchev–Trinajstić information content (AvgIpc) is 2.50. The largest absolute Gasteiger partial charge is 0.494 e. The molecule has 10 heteroatoms. The van der Waals surface area contributed by atoms with Gasteiger partial charge in [0, 0.05) is 0 Å². The third kappa shape index (κ3) is 2.62. The molecular weight excluding hydrogens is 350 g/mol. The molecule has 0 aromatic heterocycles. The number of hydrogen-bond acceptors (Lipinski definition) is 3. The number of ether oxygens (including phenoxy) is 1. The van der Waals surface area contributed by atoms with Crippen LogP contribution >= 0.6 is 0 Å². The van der Waals surface area contributed by atoms with Crippen molar-refractivity contribution in [2.75, 3.05) is 7.11 Å². The van der Waals surface area contributed by atoms with Gasteiger partial charge in [-0.3, -0.25) is 0 Å². The molecule has 0 aliphatic heterocycles. The van der Waals surface area contributed by atoms with Crippen molar-refractivity contribution in [1.82, 2.24) is 0 Å².